The summed E-state index contributed by atoms with van der Waals surface area (Å²) in [6.45, 7) is 1.77. The number of rotatable bonds is 4. The van der Waals surface area contributed by atoms with Crippen LogP contribution in [0.4, 0.5) is 19.0 Å². The highest BCUT2D eigenvalue weighted by atomic mass is 32.1. The monoisotopic (exact) mass is 410 g/mol. The van der Waals surface area contributed by atoms with Gasteiger partial charge in [0, 0.05) is 29.9 Å². The Morgan fingerprint density at radius 2 is 2.00 bits per heavy atom. The molecule has 0 fully saturated rings. The quantitative estimate of drug-likeness (QED) is 0.682. The number of nitrogens with one attached hydrogen (secondary N) is 1. The normalized spacial score (nSPS) is 11.5. The van der Waals surface area contributed by atoms with Crippen LogP contribution in [0.3, 0.4) is 0 Å². The van der Waals surface area contributed by atoms with Gasteiger partial charge in [-0.15, -0.1) is 11.3 Å². The molecular weight excluding hydrogens is 397 g/mol. The van der Waals surface area contributed by atoms with Gasteiger partial charge in [-0.3, -0.25) is 14.5 Å². The number of aromatic nitrogens is 3. The minimum Gasteiger partial charge on any atom is -0.477 e. The number of halogens is 3. The van der Waals surface area contributed by atoms with E-state index >= 15 is 0 Å². The minimum atomic E-state index is -4.57. The highest BCUT2D eigenvalue weighted by Crippen LogP contribution is 2.33. The molecule has 0 aliphatic heterocycles. The van der Waals surface area contributed by atoms with Crippen molar-refractivity contribution < 1.29 is 27.9 Å². The molecule has 3 heterocycles. The summed E-state index contributed by atoms with van der Waals surface area (Å²) in [6, 6.07) is 4.03. The molecule has 3 aromatic heterocycles. The van der Waals surface area contributed by atoms with E-state index in [0.29, 0.717) is 23.0 Å². The average Bonchev–Trinajstić information content (AvgIpc) is 3.21. The third kappa shape index (κ3) is 3.74. The summed E-state index contributed by atoms with van der Waals surface area (Å²) < 4.78 is 39.3. The smallest absolute Gasteiger partial charge is 0.417 e. The van der Waals surface area contributed by atoms with E-state index in [4.69, 9.17) is 0 Å². The van der Waals surface area contributed by atoms with Crippen molar-refractivity contribution in [3.8, 4) is 11.3 Å². The zero-order valence-corrected chi connectivity index (χ0v) is 15.4. The fraction of sp³-hybridized carbons (Fsp3) is 0.176. The van der Waals surface area contributed by atoms with E-state index < -0.39 is 23.6 Å². The van der Waals surface area contributed by atoms with Gasteiger partial charge in [-0.25, -0.2) is 4.79 Å². The molecule has 1 amide bonds. The largest absolute Gasteiger partial charge is 0.477 e. The number of hydrogen-bond acceptors (Lipinski definition) is 5. The van der Waals surface area contributed by atoms with Crippen molar-refractivity contribution in [2.45, 2.75) is 13.1 Å². The van der Waals surface area contributed by atoms with Gasteiger partial charge >= 0.3 is 12.1 Å². The number of thiophene rings is 1. The summed E-state index contributed by atoms with van der Waals surface area (Å²) in [7, 11) is 1.42. The Kier molecular flexibility index (Phi) is 4.94. The number of alkyl halides is 3. The molecule has 0 saturated heterocycles. The van der Waals surface area contributed by atoms with Gasteiger partial charge in [0.2, 0.25) is 0 Å². The predicted molar refractivity (Wildman–Crippen MR) is 95.4 cm³/mol. The van der Waals surface area contributed by atoms with E-state index in [-0.39, 0.29) is 22.0 Å². The SMILES string of the molecule is Cc1ccc(-c2nn(C)c(NC(=O)c3cc(C(F)(F)F)cs3)c2C(=O)O)cn1. The molecule has 3 rings (SSSR count). The fourth-order valence-corrected chi connectivity index (χ4v) is 3.26. The molecule has 0 atom stereocenters. The van der Waals surface area contributed by atoms with Crippen molar-refractivity contribution in [1.82, 2.24) is 14.8 Å². The number of carbonyl (C=O) groups is 2. The van der Waals surface area contributed by atoms with E-state index in [1.807, 2.05) is 0 Å². The summed E-state index contributed by atoms with van der Waals surface area (Å²) in [5.74, 6) is -2.35. The third-order valence-electron chi connectivity index (χ3n) is 3.83. The van der Waals surface area contributed by atoms with Crippen LogP contribution in [-0.4, -0.2) is 31.7 Å². The first-order chi connectivity index (χ1) is 13.1. The summed E-state index contributed by atoms with van der Waals surface area (Å²) >= 11 is 0.610. The first kappa shape index (κ1) is 19.5. The highest BCUT2D eigenvalue weighted by molar-refractivity contribution is 7.12. The van der Waals surface area contributed by atoms with Crippen molar-refractivity contribution in [2.75, 3.05) is 5.32 Å². The molecule has 146 valence electrons. The minimum absolute atomic E-state index is 0.0833. The Morgan fingerprint density at radius 1 is 1.29 bits per heavy atom. The van der Waals surface area contributed by atoms with Crippen LogP contribution < -0.4 is 5.32 Å². The van der Waals surface area contributed by atoms with Crippen LogP contribution in [0.25, 0.3) is 11.3 Å². The molecular formula is C17H13F3N4O3S. The topological polar surface area (TPSA) is 97.1 Å². The van der Waals surface area contributed by atoms with Crippen LogP contribution in [0.5, 0.6) is 0 Å². The van der Waals surface area contributed by atoms with Crippen molar-refractivity contribution in [3.63, 3.8) is 0 Å². The molecule has 0 bridgehead atoms. The van der Waals surface area contributed by atoms with Crippen molar-refractivity contribution >= 4 is 29.0 Å². The van der Waals surface area contributed by atoms with E-state index in [1.165, 1.54) is 13.2 Å². The Morgan fingerprint density at radius 3 is 2.54 bits per heavy atom. The zero-order chi connectivity index (χ0) is 20.6. The Bertz CT molecular complexity index is 1050. The molecule has 0 radical (unpaired) electrons. The molecule has 0 saturated carbocycles. The maximum absolute atomic E-state index is 12.7. The Balaban J connectivity index is 1.98. The molecule has 11 heteroatoms. The summed E-state index contributed by atoms with van der Waals surface area (Å²) in [4.78, 5) is 28.0. The molecule has 0 aromatic carbocycles. The summed E-state index contributed by atoms with van der Waals surface area (Å²) in [5, 5.41) is 16.9. The second-order valence-electron chi connectivity index (χ2n) is 5.84. The lowest BCUT2D eigenvalue weighted by Crippen LogP contribution is -2.16. The number of pyridine rings is 1. The molecule has 0 unspecified atom stereocenters. The van der Waals surface area contributed by atoms with Gasteiger partial charge in [-0.2, -0.15) is 18.3 Å². The highest BCUT2D eigenvalue weighted by Gasteiger charge is 2.33. The van der Waals surface area contributed by atoms with Gasteiger partial charge in [-0.05, 0) is 25.1 Å². The maximum atomic E-state index is 12.7. The van der Waals surface area contributed by atoms with Crippen LogP contribution in [0, 0.1) is 6.92 Å². The van der Waals surface area contributed by atoms with Crippen molar-refractivity contribution in [3.05, 3.63) is 51.5 Å². The summed E-state index contributed by atoms with van der Waals surface area (Å²) in [6.07, 6.45) is -3.12. The molecule has 2 N–H and O–H groups in total. The second-order valence-corrected chi connectivity index (χ2v) is 6.75. The average molecular weight is 410 g/mol. The third-order valence-corrected chi connectivity index (χ3v) is 4.76. The first-order valence-corrected chi connectivity index (χ1v) is 8.66. The fourth-order valence-electron chi connectivity index (χ4n) is 2.45. The number of anilines is 1. The van der Waals surface area contributed by atoms with Gasteiger partial charge in [0.1, 0.15) is 17.1 Å². The lowest BCUT2D eigenvalue weighted by Gasteiger charge is -2.06. The summed E-state index contributed by atoms with van der Waals surface area (Å²) in [5.41, 5.74) is 0.00410. The second kappa shape index (κ2) is 7.08. The van der Waals surface area contributed by atoms with Crippen LogP contribution >= 0.6 is 11.3 Å². The first-order valence-electron chi connectivity index (χ1n) is 7.78. The molecule has 0 spiro atoms. The number of carboxylic acid groups (broad SMARTS) is 1. The van der Waals surface area contributed by atoms with Crippen LogP contribution in [0.2, 0.25) is 0 Å². The van der Waals surface area contributed by atoms with E-state index in [2.05, 4.69) is 15.4 Å². The number of nitrogens with zero attached hydrogens (tertiary/aromatic N) is 3. The van der Waals surface area contributed by atoms with Crippen LogP contribution in [0.1, 0.15) is 31.3 Å². The standard InChI is InChI=1S/C17H13F3N4O3S/c1-8-3-4-9(6-21-8)13-12(16(26)27)14(24(2)23-13)22-15(25)11-5-10(7-28-11)17(18,19)20/h3-7H,1-2H3,(H,22,25)(H,26,27). The van der Waals surface area contributed by atoms with Gasteiger partial charge in [0.25, 0.3) is 5.91 Å². The van der Waals surface area contributed by atoms with E-state index in [1.54, 1.807) is 19.1 Å². The van der Waals surface area contributed by atoms with Gasteiger partial charge < -0.3 is 10.4 Å². The van der Waals surface area contributed by atoms with Crippen molar-refractivity contribution in [2.24, 2.45) is 7.05 Å². The number of amides is 1. The van der Waals surface area contributed by atoms with Gasteiger partial charge in [0.15, 0.2) is 0 Å². The molecule has 7 nitrogen and oxygen atoms in total. The number of carbonyl (C=O) groups excluding carboxylic acids is 1. The van der Waals surface area contributed by atoms with Crippen molar-refractivity contribution in [1.29, 1.82) is 0 Å². The van der Waals surface area contributed by atoms with E-state index in [0.717, 1.165) is 15.8 Å². The van der Waals surface area contributed by atoms with Gasteiger partial charge in [0.05, 0.1) is 10.4 Å². The number of aromatic carboxylic acids is 1. The molecule has 28 heavy (non-hydrogen) atoms. The maximum Gasteiger partial charge on any atom is 0.417 e. The molecule has 0 aliphatic carbocycles. The lowest BCUT2D eigenvalue weighted by atomic mass is 10.1. The van der Waals surface area contributed by atoms with Crippen LogP contribution in [-0.2, 0) is 13.2 Å². The number of hydrogen-bond donors (Lipinski definition) is 2. The Labute approximate surface area is 160 Å². The lowest BCUT2D eigenvalue weighted by molar-refractivity contribution is -0.137. The number of aryl methyl sites for hydroxylation is 2. The zero-order valence-electron chi connectivity index (χ0n) is 14.5. The Hall–Kier alpha value is -3.21. The molecule has 3 aromatic rings. The van der Waals surface area contributed by atoms with E-state index in [9.17, 15) is 27.9 Å². The number of carboxylic acids is 1. The van der Waals surface area contributed by atoms with Crippen LogP contribution in [0.15, 0.2) is 29.8 Å². The molecule has 0 aliphatic rings. The predicted octanol–water partition coefficient (Wildman–Crippen LogP) is 3.82. The van der Waals surface area contributed by atoms with Gasteiger partial charge in [-0.1, -0.05) is 0 Å².